The molecule has 0 saturated heterocycles. The summed E-state index contributed by atoms with van der Waals surface area (Å²) in [4.78, 5) is 22.6. The van der Waals surface area contributed by atoms with Gasteiger partial charge in [-0.25, -0.2) is 4.39 Å². The third kappa shape index (κ3) is 3.06. The van der Waals surface area contributed by atoms with Crippen molar-refractivity contribution in [2.45, 2.75) is 18.8 Å². The van der Waals surface area contributed by atoms with Crippen molar-refractivity contribution in [3.63, 3.8) is 0 Å². The van der Waals surface area contributed by atoms with Crippen LogP contribution in [0.1, 0.15) is 24.3 Å². The van der Waals surface area contributed by atoms with E-state index in [1.807, 2.05) is 0 Å². The number of benzene rings is 1. The van der Waals surface area contributed by atoms with Gasteiger partial charge in [-0.2, -0.15) is 0 Å². The number of hydrogen-bond donors (Lipinski definition) is 2. The first-order chi connectivity index (χ1) is 8.58. The number of halogens is 1. The van der Waals surface area contributed by atoms with E-state index in [4.69, 9.17) is 5.11 Å². The SMILES string of the molecule is O=C(NCC(C(=O)O)c1ccc(F)cc1)C1CC1. The number of carboxylic acid groups (broad SMARTS) is 1. The Hall–Kier alpha value is -1.91. The van der Waals surface area contributed by atoms with Gasteiger partial charge in [-0.3, -0.25) is 9.59 Å². The predicted octanol–water partition coefficient (Wildman–Crippen LogP) is 1.52. The molecule has 2 rings (SSSR count). The Kier molecular flexibility index (Phi) is 3.60. The van der Waals surface area contributed by atoms with Gasteiger partial charge in [0.2, 0.25) is 5.91 Å². The van der Waals surface area contributed by atoms with Crippen LogP contribution in [0.15, 0.2) is 24.3 Å². The lowest BCUT2D eigenvalue weighted by Gasteiger charge is -2.13. The van der Waals surface area contributed by atoms with E-state index < -0.39 is 17.7 Å². The highest BCUT2D eigenvalue weighted by Gasteiger charge is 2.30. The van der Waals surface area contributed by atoms with E-state index in [0.29, 0.717) is 5.56 Å². The Morgan fingerprint density at radius 3 is 2.44 bits per heavy atom. The minimum atomic E-state index is -1.03. The number of nitrogens with one attached hydrogen (secondary N) is 1. The van der Waals surface area contributed by atoms with Crippen LogP contribution in [0.3, 0.4) is 0 Å². The number of hydrogen-bond acceptors (Lipinski definition) is 2. The van der Waals surface area contributed by atoms with Gasteiger partial charge in [-0.05, 0) is 30.5 Å². The number of aliphatic carboxylic acids is 1. The standard InChI is InChI=1S/C13H14FNO3/c14-10-5-3-8(4-6-10)11(13(17)18)7-15-12(16)9-1-2-9/h3-6,9,11H,1-2,7H2,(H,15,16)(H,17,18). The van der Waals surface area contributed by atoms with Crippen molar-refractivity contribution in [3.05, 3.63) is 35.6 Å². The zero-order chi connectivity index (χ0) is 13.1. The van der Waals surface area contributed by atoms with Gasteiger partial charge in [0.25, 0.3) is 0 Å². The quantitative estimate of drug-likeness (QED) is 0.833. The molecule has 1 unspecified atom stereocenters. The average Bonchev–Trinajstić information content (AvgIpc) is 3.15. The highest BCUT2D eigenvalue weighted by atomic mass is 19.1. The molecule has 1 aliphatic carbocycles. The van der Waals surface area contributed by atoms with Crippen LogP contribution in [0.2, 0.25) is 0 Å². The largest absolute Gasteiger partial charge is 0.481 e. The molecule has 0 radical (unpaired) electrons. The van der Waals surface area contributed by atoms with Gasteiger partial charge >= 0.3 is 5.97 Å². The van der Waals surface area contributed by atoms with Crippen LogP contribution >= 0.6 is 0 Å². The van der Waals surface area contributed by atoms with Gasteiger partial charge < -0.3 is 10.4 Å². The Bertz CT molecular complexity index is 454. The first-order valence-corrected chi connectivity index (χ1v) is 5.84. The van der Waals surface area contributed by atoms with Crippen molar-refractivity contribution < 1.29 is 19.1 Å². The van der Waals surface area contributed by atoms with Crippen LogP contribution in [0.25, 0.3) is 0 Å². The van der Waals surface area contributed by atoms with Crippen molar-refractivity contribution in [2.75, 3.05) is 6.54 Å². The average molecular weight is 251 g/mol. The number of rotatable bonds is 5. The van der Waals surface area contributed by atoms with Crippen LogP contribution < -0.4 is 5.32 Å². The summed E-state index contributed by atoms with van der Waals surface area (Å²) in [5, 5.41) is 11.7. The molecule has 18 heavy (non-hydrogen) atoms. The van der Waals surface area contributed by atoms with Crippen molar-refractivity contribution in [3.8, 4) is 0 Å². The minimum Gasteiger partial charge on any atom is -0.481 e. The Labute approximate surface area is 104 Å². The van der Waals surface area contributed by atoms with E-state index in [2.05, 4.69) is 5.32 Å². The fraction of sp³-hybridized carbons (Fsp3) is 0.385. The highest BCUT2D eigenvalue weighted by molar-refractivity contribution is 5.82. The Balaban J connectivity index is 2.01. The molecule has 0 spiro atoms. The number of amides is 1. The van der Waals surface area contributed by atoms with Gasteiger partial charge in [0.05, 0.1) is 5.92 Å². The summed E-state index contributed by atoms with van der Waals surface area (Å²) in [7, 11) is 0. The number of carboxylic acids is 1. The molecular weight excluding hydrogens is 237 g/mol. The van der Waals surface area contributed by atoms with Gasteiger partial charge in [-0.15, -0.1) is 0 Å². The normalized spacial score (nSPS) is 16.1. The third-order valence-corrected chi connectivity index (χ3v) is 3.00. The zero-order valence-electron chi connectivity index (χ0n) is 9.73. The van der Waals surface area contributed by atoms with Crippen LogP contribution in [0, 0.1) is 11.7 Å². The second-order valence-corrected chi connectivity index (χ2v) is 4.46. The molecule has 0 aromatic heterocycles. The molecule has 0 heterocycles. The van der Waals surface area contributed by atoms with Crippen molar-refractivity contribution in [2.24, 2.45) is 5.92 Å². The van der Waals surface area contributed by atoms with Crippen LogP contribution in [0.4, 0.5) is 4.39 Å². The zero-order valence-corrected chi connectivity index (χ0v) is 9.73. The van der Waals surface area contributed by atoms with E-state index in [1.54, 1.807) is 0 Å². The van der Waals surface area contributed by atoms with E-state index in [-0.39, 0.29) is 18.4 Å². The first kappa shape index (κ1) is 12.5. The summed E-state index contributed by atoms with van der Waals surface area (Å²) in [6, 6.07) is 5.29. The molecule has 1 aromatic rings. The fourth-order valence-electron chi connectivity index (χ4n) is 1.74. The smallest absolute Gasteiger partial charge is 0.312 e. The highest BCUT2D eigenvalue weighted by Crippen LogP contribution is 2.29. The lowest BCUT2D eigenvalue weighted by Crippen LogP contribution is -2.32. The summed E-state index contributed by atoms with van der Waals surface area (Å²) in [5.74, 6) is -2.33. The van der Waals surface area contributed by atoms with E-state index >= 15 is 0 Å². The topological polar surface area (TPSA) is 66.4 Å². The van der Waals surface area contributed by atoms with Crippen molar-refractivity contribution >= 4 is 11.9 Å². The molecule has 1 fully saturated rings. The lowest BCUT2D eigenvalue weighted by molar-refractivity contribution is -0.138. The molecule has 5 heteroatoms. The fourth-order valence-corrected chi connectivity index (χ4v) is 1.74. The van der Waals surface area contributed by atoms with Gasteiger partial charge in [0.15, 0.2) is 0 Å². The first-order valence-electron chi connectivity index (χ1n) is 5.84. The Morgan fingerprint density at radius 2 is 1.94 bits per heavy atom. The summed E-state index contributed by atoms with van der Waals surface area (Å²) < 4.78 is 12.8. The Morgan fingerprint density at radius 1 is 1.33 bits per heavy atom. The lowest BCUT2D eigenvalue weighted by atomic mass is 9.99. The number of carbonyl (C=O) groups is 2. The predicted molar refractivity (Wildman–Crippen MR) is 62.5 cm³/mol. The summed E-state index contributed by atoms with van der Waals surface area (Å²) in [6.07, 6.45) is 1.75. The van der Waals surface area contributed by atoms with Crippen molar-refractivity contribution in [1.82, 2.24) is 5.32 Å². The molecule has 1 saturated carbocycles. The van der Waals surface area contributed by atoms with Gasteiger partial charge in [0.1, 0.15) is 5.82 Å². The number of carbonyl (C=O) groups excluding carboxylic acids is 1. The maximum Gasteiger partial charge on any atom is 0.312 e. The van der Waals surface area contributed by atoms with Gasteiger partial charge in [-0.1, -0.05) is 12.1 Å². The molecule has 96 valence electrons. The van der Waals surface area contributed by atoms with E-state index in [9.17, 15) is 14.0 Å². The molecule has 4 nitrogen and oxygen atoms in total. The molecule has 1 atom stereocenters. The third-order valence-electron chi connectivity index (χ3n) is 3.00. The van der Waals surface area contributed by atoms with Gasteiger partial charge in [0, 0.05) is 12.5 Å². The maximum atomic E-state index is 12.8. The van der Waals surface area contributed by atoms with Crippen LogP contribution in [-0.2, 0) is 9.59 Å². The molecular formula is C13H14FNO3. The molecule has 0 bridgehead atoms. The maximum absolute atomic E-state index is 12.8. The molecule has 0 aliphatic heterocycles. The minimum absolute atomic E-state index is 0.0380. The second kappa shape index (κ2) is 5.16. The molecule has 2 N–H and O–H groups in total. The molecule has 1 aliphatic rings. The summed E-state index contributed by atoms with van der Waals surface area (Å²) in [5.41, 5.74) is 0.486. The van der Waals surface area contributed by atoms with E-state index in [0.717, 1.165) is 12.8 Å². The summed E-state index contributed by atoms with van der Waals surface area (Å²) >= 11 is 0. The van der Waals surface area contributed by atoms with Crippen LogP contribution in [0.5, 0.6) is 0 Å². The van der Waals surface area contributed by atoms with E-state index in [1.165, 1.54) is 24.3 Å². The van der Waals surface area contributed by atoms with Crippen LogP contribution in [-0.4, -0.2) is 23.5 Å². The summed E-state index contributed by atoms with van der Waals surface area (Å²) in [6.45, 7) is 0.0380. The monoisotopic (exact) mass is 251 g/mol. The van der Waals surface area contributed by atoms with Crippen molar-refractivity contribution in [1.29, 1.82) is 0 Å². The molecule has 1 amide bonds. The second-order valence-electron chi connectivity index (χ2n) is 4.46. The molecule has 1 aromatic carbocycles.